The van der Waals surface area contributed by atoms with Crippen LogP contribution in [0.5, 0.6) is 0 Å². The molecule has 1 amide bonds. The average Bonchev–Trinajstić information content (AvgIpc) is 2.64. The lowest BCUT2D eigenvalue weighted by molar-refractivity contribution is -0.137. The van der Waals surface area contributed by atoms with Gasteiger partial charge in [0.25, 0.3) is 5.56 Å². The number of carbonyl (C=O) groups is 1. The summed E-state index contributed by atoms with van der Waals surface area (Å²) in [7, 11) is 0. The van der Waals surface area contributed by atoms with E-state index in [1.54, 1.807) is 24.3 Å². The van der Waals surface area contributed by atoms with E-state index in [4.69, 9.17) is 11.6 Å². The zero-order valence-electron chi connectivity index (χ0n) is 14.2. The summed E-state index contributed by atoms with van der Waals surface area (Å²) in [6.45, 7) is -0.535. The first-order valence-electron chi connectivity index (χ1n) is 8.04. The highest BCUT2D eigenvalue weighted by molar-refractivity contribution is 6.30. The van der Waals surface area contributed by atoms with Gasteiger partial charge in [0.1, 0.15) is 6.54 Å². The van der Waals surface area contributed by atoms with Gasteiger partial charge in [-0.3, -0.25) is 9.59 Å². The van der Waals surface area contributed by atoms with Gasteiger partial charge in [-0.2, -0.15) is 18.3 Å². The van der Waals surface area contributed by atoms with Crippen LogP contribution in [-0.4, -0.2) is 15.7 Å². The van der Waals surface area contributed by atoms with Gasteiger partial charge >= 0.3 is 6.18 Å². The Hall–Kier alpha value is -3.13. The largest absolute Gasteiger partial charge is 0.418 e. The number of carbonyl (C=O) groups excluding carboxylic acids is 1. The van der Waals surface area contributed by atoms with Crippen LogP contribution in [0.4, 0.5) is 18.9 Å². The number of aromatic nitrogens is 2. The zero-order valence-corrected chi connectivity index (χ0v) is 15.0. The van der Waals surface area contributed by atoms with Crippen molar-refractivity contribution in [3.8, 4) is 11.3 Å². The number of nitrogens with one attached hydrogen (secondary N) is 1. The predicted molar refractivity (Wildman–Crippen MR) is 99.0 cm³/mol. The Bertz CT molecular complexity index is 1060. The van der Waals surface area contributed by atoms with E-state index in [1.165, 1.54) is 24.3 Å². The standard InChI is InChI=1S/C19H13ClF3N3O2/c20-13-7-5-12(6-8-13)15-9-10-18(28)26(25-15)11-17(27)24-16-4-2-1-3-14(16)19(21,22)23/h1-10H,11H2,(H,24,27). The molecule has 9 heteroatoms. The summed E-state index contributed by atoms with van der Waals surface area (Å²) in [4.78, 5) is 24.2. The van der Waals surface area contributed by atoms with Crippen LogP contribution in [0.1, 0.15) is 5.56 Å². The molecule has 144 valence electrons. The van der Waals surface area contributed by atoms with Gasteiger partial charge in [-0.1, -0.05) is 35.9 Å². The number of hydrogen-bond donors (Lipinski definition) is 1. The molecule has 0 fully saturated rings. The van der Waals surface area contributed by atoms with E-state index in [9.17, 15) is 22.8 Å². The van der Waals surface area contributed by atoms with Crippen LogP contribution < -0.4 is 10.9 Å². The monoisotopic (exact) mass is 407 g/mol. The van der Waals surface area contributed by atoms with Gasteiger partial charge < -0.3 is 5.32 Å². The first-order valence-corrected chi connectivity index (χ1v) is 8.42. The number of alkyl halides is 3. The molecule has 0 spiro atoms. The van der Waals surface area contributed by atoms with Gasteiger partial charge in [-0.25, -0.2) is 4.68 Å². The van der Waals surface area contributed by atoms with Crippen LogP contribution in [0.25, 0.3) is 11.3 Å². The van der Waals surface area contributed by atoms with Crippen LogP contribution in [0, 0.1) is 0 Å². The molecule has 1 N–H and O–H groups in total. The Kier molecular flexibility index (Phi) is 5.51. The Morgan fingerprint density at radius 1 is 1.04 bits per heavy atom. The molecule has 0 aliphatic rings. The second-order valence-corrected chi connectivity index (χ2v) is 6.25. The molecular formula is C19H13ClF3N3O2. The molecule has 0 aliphatic carbocycles. The van der Waals surface area contributed by atoms with Gasteiger partial charge in [-0.05, 0) is 30.3 Å². The Balaban J connectivity index is 1.83. The van der Waals surface area contributed by atoms with Crippen LogP contribution >= 0.6 is 11.6 Å². The van der Waals surface area contributed by atoms with Crippen molar-refractivity contribution < 1.29 is 18.0 Å². The molecule has 3 rings (SSSR count). The lowest BCUT2D eigenvalue weighted by Gasteiger charge is -2.14. The third-order valence-corrected chi connectivity index (χ3v) is 4.06. The number of hydrogen-bond acceptors (Lipinski definition) is 3. The van der Waals surface area contributed by atoms with Gasteiger partial charge in [-0.15, -0.1) is 0 Å². The molecule has 0 unspecified atom stereocenters. The smallest absolute Gasteiger partial charge is 0.324 e. The highest BCUT2D eigenvalue weighted by atomic mass is 35.5. The first-order chi connectivity index (χ1) is 13.2. The summed E-state index contributed by atoms with van der Waals surface area (Å²) >= 11 is 5.84. The average molecular weight is 408 g/mol. The maximum absolute atomic E-state index is 13.0. The van der Waals surface area contributed by atoms with Crippen LogP contribution in [0.15, 0.2) is 65.5 Å². The summed E-state index contributed by atoms with van der Waals surface area (Å²) in [6, 6.07) is 14.0. The minimum Gasteiger partial charge on any atom is -0.324 e. The van der Waals surface area contributed by atoms with Gasteiger partial charge in [0.15, 0.2) is 0 Å². The van der Waals surface area contributed by atoms with E-state index in [-0.39, 0.29) is 5.69 Å². The Morgan fingerprint density at radius 3 is 2.39 bits per heavy atom. The molecule has 0 atom stereocenters. The lowest BCUT2D eigenvalue weighted by atomic mass is 10.1. The molecule has 0 radical (unpaired) electrons. The molecule has 0 aliphatic heterocycles. The molecule has 0 saturated carbocycles. The fraction of sp³-hybridized carbons (Fsp3) is 0.105. The zero-order chi connectivity index (χ0) is 20.3. The van der Waals surface area contributed by atoms with Gasteiger partial charge in [0.05, 0.1) is 16.9 Å². The highest BCUT2D eigenvalue weighted by Gasteiger charge is 2.33. The fourth-order valence-electron chi connectivity index (χ4n) is 2.50. The SMILES string of the molecule is O=C(Cn1nc(-c2ccc(Cl)cc2)ccc1=O)Nc1ccccc1C(F)(F)F. The van der Waals surface area contributed by atoms with Crippen molar-refractivity contribution >= 4 is 23.2 Å². The van der Waals surface area contributed by atoms with E-state index < -0.39 is 29.8 Å². The minimum atomic E-state index is -4.62. The molecule has 0 bridgehead atoms. The van der Waals surface area contributed by atoms with Crippen molar-refractivity contribution in [1.29, 1.82) is 0 Å². The maximum atomic E-state index is 13.0. The van der Waals surface area contributed by atoms with Crippen molar-refractivity contribution in [2.45, 2.75) is 12.7 Å². The number of para-hydroxylation sites is 1. The number of nitrogens with zero attached hydrogens (tertiary/aromatic N) is 2. The summed E-state index contributed by atoms with van der Waals surface area (Å²) in [5, 5.41) is 6.81. The second-order valence-electron chi connectivity index (χ2n) is 5.81. The van der Waals surface area contributed by atoms with Crippen molar-refractivity contribution in [2.24, 2.45) is 0 Å². The Labute approximate surface area is 162 Å². The molecule has 0 saturated heterocycles. The van der Waals surface area contributed by atoms with Crippen LogP contribution in [-0.2, 0) is 17.5 Å². The molecule has 28 heavy (non-hydrogen) atoms. The number of benzene rings is 2. The van der Waals surface area contributed by atoms with Crippen molar-refractivity contribution in [2.75, 3.05) is 5.32 Å². The number of halogens is 4. The van der Waals surface area contributed by atoms with Crippen molar-refractivity contribution in [3.05, 3.63) is 81.6 Å². The van der Waals surface area contributed by atoms with Crippen LogP contribution in [0.2, 0.25) is 5.02 Å². The normalized spacial score (nSPS) is 11.3. The van der Waals surface area contributed by atoms with E-state index in [0.717, 1.165) is 16.8 Å². The second kappa shape index (κ2) is 7.85. The minimum absolute atomic E-state index is 0.387. The van der Waals surface area contributed by atoms with Gasteiger partial charge in [0.2, 0.25) is 5.91 Å². The van der Waals surface area contributed by atoms with Crippen molar-refractivity contribution in [3.63, 3.8) is 0 Å². The van der Waals surface area contributed by atoms with Crippen LogP contribution in [0.3, 0.4) is 0 Å². The summed E-state index contributed by atoms with van der Waals surface area (Å²) in [6.07, 6.45) is -4.62. The lowest BCUT2D eigenvalue weighted by Crippen LogP contribution is -2.29. The molecule has 5 nitrogen and oxygen atoms in total. The summed E-state index contributed by atoms with van der Waals surface area (Å²) < 4.78 is 40.0. The number of amides is 1. The summed E-state index contributed by atoms with van der Waals surface area (Å²) in [5.74, 6) is -0.806. The fourth-order valence-corrected chi connectivity index (χ4v) is 2.63. The number of rotatable bonds is 4. The summed E-state index contributed by atoms with van der Waals surface area (Å²) in [5.41, 5.74) is -0.835. The molecule has 3 aromatic rings. The number of anilines is 1. The van der Waals surface area contributed by atoms with Crippen molar-refractivity contribution in [1.82, 2.24) is 9.78 Å². The van der Waals surface area contributed by atoms with E-state index in [1.807, 2.05) is 0 Å². The predicted octanol–water partition coefficient (Wildman–Crippen LogP) is 4.22. The quantitative estimate of drug-likeness (QED) is 0.704. The Morgan fingerprint density at radius 2 is 1.71 bits per heavy atom. The third-order valence-electron chi connectivity index (χ3n) is 3.81. The molecule has 2 aromatic carbocycles. The van der Waals surface area contributed by atoms with E-state index >= 15 is 0 Å². The molecular weight excluding hydrogens is 395 g/mol. The molecule has 1 heterocycles. The molecule has 1 aromatic heterocycles. The maximum Gasteiger partial charge on any atom is 0.418 e. The van der Waals surface area contributed by atoms with E-state index in [2.05, 4.69) is 10.4 Å². The third kappa shape index (κ3) is 4.58. The van der Waals surface area contributed by atoms with Gasteiger partial charge in [0, 0.05) is 16.7 Å². The highest BCUT2D eigenvalue weighted by Crippen LogP contribution is 2.34. The first kappa shape index (κ1) is 19.6. The topological polar surface area (TPSA) is 64.0 Å². The van der Waals surface area contributed by atoms with E-state index in [0.29, 0.717) is 16.3 Å².